The van der Waals surface area contributed by atoms with Crippen molar-refractivity contribution in [1.82, 2.24) is 4.57 Å². The second kappa shape index (κ2) is 12.7. The van der Waals surface area contributed by atoms with Crippen molar-refractivity contribution in [2.45, 2.75) is 96.8 Å². The van der Waals surface area contributed by atoms with Crippen LogP contribution >= 0.6 is 22.7 Å². The Morgan fingerprint density at radius 1 is 0.485 bits per heavy atom. The van der Waals surface area contributed by atoms with E-state index in [1.165, 1.54) is 153 Å². The summed E-state index contributed by atoms with van der Waals surface area (Å²) in [5.41, 5.74) is 22.1. The molecular formula is C63H53BN2S2. The molecule has 0 spiro atoms. The summed E-state index contributed by atoms with van der Waals surface area (Å²) in [6, 6.07) is 53.3. The molecule has 5 heterocycles. The fourth-order valence-corrected chi connectivity index (χ4v) is 15.8. The molecule has 0 unspecified atom stereocenters. The Hall–Kier alpha value is -6.14. The van der Waals surface area contributed by atoms with Gasteiger partial charge in [-0.2, -0.15) is 0 Å². The Balaban J connectivity index is 1.09. The van der Waals surface area contributed by atoms with Gasteiger partial charge in [-0.3, -0.25) is 0 Å². The molecule has 5 heteroatoms. The number of fused-ring (bicyclic) bond motifs is 18. The summed E-state index contributed by atoms with van der Waals surface area (Å²) in [5, 5.41) is 8.11. The molecule has 0 saturated heterocycles. The summed E-state index contributed by atoms with van der Waals surface area (Å²) in [5.74, 6) is 0. The minimum atomic E-state index is -0.112. The SMILES string of the molecule is CC(C)(C)c1ccc(N2B3c4cc5sc6ccccc6c5cc4-n4c5cc6c(cc5c5ccc(c3c54)-c3cc4sc5cc7c(cc5c4cc32)C(C)(C)CCC7(C)C)-c2ccccc2C6(C)C)cc1. The van der Waals surface area contributed by atoms with Crippen LogP contribution in [0.15, 0.2) is 133 Å². The van der Waals surface area contributed by atoms with Crippen molar-refractivity contribution in [1.29, 1.82) is 0 Å². The van der Waals surface area contributed by atoms with Crippen LogP contribution in [0.25, 0.3) is 90.1 Å². The Kier molecular flexibility index (Phi) is 7.46. The Labute approximate surface area is 407 Å². The fraction of sp³-hybridized carbons (Fsp3) is 0.238. The molecule has 0 bridgehead atoms. The van der Waals surface area contributed by atoms with Crippen molar-refractivity contribution in [2.75, 3.05) is 4.81 Å². The minimum absolute atomic E-state index is 0.0425. The van der Waals surface area contributed by atoms with E-state index in [2.05, 4.69) is 205 Å². The van der Waals surface area contributed by atoms with E-state index in [0.717, 1.165) is 0 Å². The standard InChI is InChI=1S/C63H53BN2S2/c1-60(2,3)34-18-20-35(21-19-34)66-52-28-45-43-27-48-49(62(6,7)25-24-61(48,4)5)32-56(43)68-55(45)30-42(52)38-22-23-39-41-26-40-36-14-10-12-16-46(36)63(8,9)47(40)31-51(41)65-53-29-44-37-15-11-13-17-54(37)67-57(44)33-50(53)64(66)58(38)59(39)65/h10-23,26-33H,24-25H2,1-9H3. The first-order chi connectivity index (χ1) is 32.6. The molecule has 330 valence electrons. The van der Waals surface area contributed by atoms with Crippen LogP contribution in [0.3, 0.4) is 0 Å². The Morgan fingerprint density at radius 2 is 1.15 bits per heavy atom. The molecule has 3 aromatic heterocycles. The van der Waals surface area contributed by atoms with Gasteiger partial charge in [0.15, 0.2) is 0 Å². The fourth-order valence-electron chi connectivity index (χ4n) is 13.5. The number of benzene rings is 8. The molecule has 4 aliphatic rings. The van der Waals surface area contributed by atoms with Crippen molar-refractivity contribution >= 4 is 114 Å². The van der Waals surface area contributed by atoms with Gasteiger partial charge in [0.05, 0.1) is 11.0 Å². The van der Waals surface area contributed by atoms with Crippen LogP contribution in [0.1, 0.15) is 103 Å². The smallest absolute Gasteiger partial charge is 0.333 e. The predicted octanol–water partition coefficient (Wildman–Crippen LogP) is 16.7. The molecule has 0 radical (unpaired) electrons. The maximum Gasteiger partial charge on any atom is 0.333 e. The molecular weight excluding hydrogens is 860 g/mol. The van der Waals surface area contributed by atoms with E-state index in [-0.39, 0.29) is 28.5 Å². The zero-order valence-corrected chi connectivity index (χ0v) is 42.0. The zero-order valence-electron chi connectivity index (χ0n) is 40.4. The van der Waals surface area contributed by atoms with Crippen LogP contribution in [0.5, 0.6) is 0 Å². The summed E-state index contributed by atoms with van der Waals surface area (Å²) >= 11 is 3.92. The first-order valence-electron chi connectivity index (χ1n) is 24.7. The highest BCUT2D eigenvalue weighted by atomic mass is 32.1. The van der Waals surface area contributed by atoms with Crippen molar-refractivity contribution in [3.8, 4) is 27.9 Å². The van der Waals surface area contributed by atoms with Crippen molar-refractivity contribution in [3.63, 3.8) is 0 Å². The molecule has 0 N–H and O–H groups in total. The van der Waals surface area contributed by atoms with Crippen LogP contribution in [0.4, 0.5) is 11.4 Å². The Bertz CT molecular complexity index is 4110. The highest BCUT2D eigenvalue weighted by Gasteiger charge is 2.46. The second-order valence-electron chi connectivity index (χ2n) is 23.5. The van der Waals surface area contributed by atoms with Gasteiger partial charge in [0, 0.05) is 79.2 Å². The number of anilines is 2. The third kappa shape index (κ3) is 4.99. The lowest BCUT2D eigenvalue weighted by molar-refractivity contribution is 0.332. The van der Waals surface area contributed by atoms with Gasteiger partial charge in [0.25, 0.3) is 0 Å². The maximum absolute atomic E-state index is 2.75. The van der Waals surface area contributed by atoms with Crippen LogP contribution in [-0.2, 0) is 21.7 Å². The van der Waals surface area contributed by atoms with Crippen molar-refractivity contribution in [2.24, 2.45) is 0 Å². The molecule has 68 heavy (non-hydrogen) atoms. The molecule has 0 amide bonds. The number of thiophene rings is 2. The monoisotopic (exact) mass is 912 g/mol. The van der Waals surface area contributed by atoms with E-state index < -0.39 is 0 Å². The number of hydrogen-bond donors (Lipinski definition) is 0. The number of hydrogen-bond acceptors (Lipinski definition) is 3. The van der Waals surface area contributed by atoms with Gasteiger partial charge in [-0.25, -0.2) is 0 Å². The maximum atomic E-state index is 2.75. The highest BCUT2D eigenvalue weighted by molar-refractivity contribution is 7.26. The van der Waals surface area contributed by atoms with Gasteiger partial charge >= 0.3 is 6.85 Å². The molecule has 2 nitrogen and oxygen atoms in total. The van der Waals surface area contributed by atoms with E-state index in [1.54, 1.807) is 0 Å². The summed E-state index contributed by atoms with van der Waals surface area (Å²) in [6.07, 6.45) is 2.42. The van der Waals surface area contributed by atoms with Crippen molar-refractivity contribution in [3.05, 3.63) is 161 Å². The van der Waals surface area contributed by atoms with Gasteiger partial charge in [-0.15, -0.1) is 22.7 Å². The summed E-state index contributed by atoms with van der Waals surface area (Å²) < 4.78 is 8.15. The second-order valence-corrected chi connectivity index (χ2v) is 25.7. The lowest BCUT2D eigenvalue weighted by Crippen LogP contribution is -2.60. The summed E-state index contributed by atoms with van der Waals surface area (Å²) in [4.78, 5) is 2.75. The molecule has 8 aromatic carbocycles. The lowest BCUT2D eigenvalue weighted by atomic mass is 9.44. The zero-order chi connectivity index (χ0) is 46.1. The van der Waals surface area contributed by atoms with E-state index in [4.69, 9.17) is 0 Å². The molecule has 2 aliphatic heterocycles. The first kappa shape index (κ1) is 39.8. The average molecular weight is 913 g/mol. The summed E-state index contributed by atoms with van der Waals surface area (Å²) in [6.45, 7) is 21.6. The predicted molar refractivity (Wildman–Crippen MR) is 297 cm³/mol. The largest absolute Gasteiger partial charge is 0.376 e. The van der Waals surface area contributed by atoms with E-state index in [0.29, 0.717) is 0 Å². The molecule has 2 aliphatic carbocycles. The number of rotatable bonds is 1. The summed E-state index contributed by atoms with van der Waals surface area (Å²) in [7, 11) is 0. The van der Waals surface area contributed by atoms with E-state index in [9.17, 15) is 0 Å². The third-order valence-electron chi connectivity index (χ3n) is 17.4. The van der Waals surface area contributed by atoms with E-state index in [1.807, 2.05) is 22.7 Å². The van der Waals surface area contributed by atoms with Crippen LogP contribution < -0.4 is 15.7 Å². The van der Waals surface area contributed by atoms with Gasteiger partial charge < -0.3 is 9.38 Å². The normalized spacial score (nSPS) is 17.1. The van der Waals surface area contributed by atoms with Gasteiger partial charge in [-0.1, -0.05) is 129 Å². The van der Waals surface area contributed by atoms with Gasteiger partial charge in [0.2, 0.25) is 0 Å². The first-order valence-corrected chi connectivity index (χ1v) is 26.4. The quantitative estimate of drug-likeness (QED) is 0.149. The minimum Gasteiger partial charge on any atom is -0.376 e. The van der Waals surface area contributed by atoms with Gasteiger partial charge in [0.1, 0.15) is 0 Å². The molecule has 15 rings (SSSR count). The number of aromatic nitrogens is 1. The number of nitrogens with zero attached hydrogens (tertiary/aromatic N) is 2. The average Bonchev–Trinajstić information content (AvgIpc) is 4.03. The Morgan fingerprint density at radius 3 is 1.94 bits per heavy atom. The van der Waals surface area contributed by atoms with Crippen LogP contribution in [-0.4, -0.2) is 11.4 Å². The van der Waals surface area contributed by atoms with Gasteiger partial charge in [-0.05, 0) is 151 Å². The molecule has 0 saturated carbocycles. The van der Waals surface area contributed by atoms with Crippen LogP contribution in [0.2, 0.25) is 0 Å². The van der Waals surface area contributed by atoms with E-state index >= 15 is 0 Å². The van der Waals surface area contributed by atoms with Crippen LogP contribution in [0, 0.1) is 0 Å². The topological polar surface area (TPSA) is 8.17 Å². The lowest BCUT2D eigenvalue weighted by Gasteiger charge is -2.42. The third-order valence-corrected chi connectivity index (χ3v) is 19.6. The van der Waals surface area contributed by atoms with Crippen molar-refractivity contribution < 1.29 is 0 Å². The molecule has 11 aromatic rings. The highest BCUT2D eigenvalue weighted by Crippen LogP contribution is 2.55. The molecule has 0 fully saturated rings. The molecule has 0 atom stereocenters.